The van der Waals surface area contributed by atoms with Crippen LogP contribution in [0.25, 0.3) is 0 Å². The van der Waals surface area contributed by atoms with Gasteiger partial charge in [0, 0.05) is 43.8 Å². The molecule has 24 nitrogen and oxygen atoms in total. The van der Waals surface area contributed by atoms with E-state index in [-0.39, 0.29) is 35.2 Å². The molecule has 2 heterocycles. The minimum Gasteiger partial charge on any atom is -0.493 e. The van der Waals surface area contributed by atoms with Gasteiger partial charge in [0.25, 0.3) is 23.2 Å². The number of methoxy groups -OCH3 is 3. The molecule has 2 amide bonds. The maximum Gasteiger partial charge on any atom is 0.534 e. The minimum atomic E-state index is -6.30. The molecule has 64 heavy (non-hydrogen) atoms. The van der Waals surface area contributed by atoms with Crippen LogP contribution in [-0.2, 0) is 42.9 Å². The van der Waals surface area contributed by atoms with Crippen molar-refractivity contribution in [2.24, 2.45) is 0 Å². The molecule has 0 fully saturated rings. The lowest BCUT2D eigenvalue weighted by atomic mass is 10.1. The normalized spacial score (nSPS) is 16.6. The standard InChI is InChI=1S/C32H28F6N4O20S2/c1-56-23-9-17(27(43)39-13-15(7-21(39)29(45)46)61-63(52,53)31(33,34)35)19(41(48)49)11-25(23)59-5-4-6-60-26-12-20(42(50)51)18(10-24(26)57-2)28(44)40-14-16(8-22(40)30(47)58-3)62-64(54,55)32(36,37)38/h9-14,21-22H,4-8H2,1-3H3,(H,45,46)/t21?,22-/m0/s1. The highest BCUT2D eigenvalue weighted by molar-refractivity contribution is 7.88. The summed E-state index contributed by atoms with van der Waals surface area (Å²) in [6.07, 6.45) is -1.45. The number of carboxylic acid groups (broad SMARTS) is 1. The molecule has 0 aliphatic carbocycles. The second-order valence-electron chi connectivity index (χ2n) is 12.5. The van der Waals surface area contributed by atoms with E-state index in [2.05, 4.69) is 13.1 Å². The number of carboxylic acids is 1. The molecule has 1 N–H and O–H groups in total. The number of ether oxygens (including phenoxy) is 5. The second-order valence-corrected chi connectivity index (χ2v) is 15.6. The lowest BCUT2D eigenvalue weighted by Gasteiger charge is -2.21. The number of nitrogens with zero attached hydrogens (tertiary/aromatic N) is 4. The van der Waals surface area contributed by atoms with Crippen LogP contribution in [0.3, 0.4) is 0 Å². The summed E-state index contributed by atoms with van der Waals surface area (Å²) >= 11 is 0. The molecule has 0 aromatic heterocycles. The number of hydrogen-bond donors (Lipinski definition) is 1. The predicted octanol–water partition coefficient (Wildman–Crippen LogP) is 3.47. The molecular formula is C32H28F6N4O20S2. The van der Waals surface area contributed by atoms with Gasteiger partial charge in [-0.05, 0) is 0 Å². The van der Waals surface area contributed by atoms with E-state index in [9.17, 15) is 87.7 Å². The summed E-state index contributed by atoms with van der Waals surface area (Å²) < 4.78 is 157. The molecule has 350 valence electrons. The maximum absolute atomic E-state index is 13.6. The number of carbonyl (C=O) groups excluding carboxylic acids is 3. The summed E-state index contributed by atoms with van der Waals surface area (Å²) in [5, 5.41) is 33.7. The first-order chi connectivity index (χ1) is 29.6. The van der Waals surface area contributed by atoms with E-state index in [0.717, 1.165) is 33.5 Å². The molecule has 32 heteroatoms. The number of nitro groups is 2. The Morgan fingerprint density at radius 2 is 1.06 bits per heavy atom. The number of halogens is 6. The zero-order valence-corrected chi connectivity index (χ0v) is 33.9. The Hall–Kier alpha value is -7.12. The van der Waals surface area contributed by atoms with Crippen molar-refractivity contribution < 1.29 is 109 Å². The summed E-state index contributed by atoms with van der Waals surface area (Å²) in [6, 6.07) is -1.06. The van der Waals surface area contributed by atoms with E-state index in [1.54, 1.807) is 0 Å². The Morgan fingerprint density at radius 1 is 0.688 bits per heavy atom. The van der Waals surface area contributed by atoms with Gasteiger partial charge in [-0.2, -0.15) is 43.2 Å². The minimum absolute atomic E-state index is 0.152. The van der Waals surface area contributed by atoms with Crippen molar-refractivity contribution in [1.29, 1.82) is 0 Å². The summed E-state index contributed by atoms with van der Waals surface area (Å²) in [6.45, 7) is -0.779. The van der Waals surface area contributed by atoms with Crippen LogP contribution >= 0.6 is 0 Å². The van der Waals surface area contributed by atoms with E-state index in [1.165, 1.54) is 0 Å². The molecule has 0 bridgehead atoms. The summed E-state index contributed by atoms with van der Waals surface area (Å²) in [7, 11) is -9.69. The molecule has 2 aromatic rings. The Morgan fingerprint density at radius 3 is 1.39 bits per heavy atom. The Balaban J connectivity index is 1.54. The Kier molecular flexibility index (Phi) is 14.5. The maximum atomic E-state index is 13.6. The molecule has 4 rings (SSSR count). The number of carbonyl (C=O) groups is 4. The van der Waals surface area contributed by atoms with Gasteiger partial charge in [0.05, 0.1) is 56.5 Å². The third-order valence-corrected chi connectivity index (χ3v) is 10.5. The van der Waals surface area contributed by atoms with Crippen LogP contribution in [-0.4, -0.2) is 123 Å². The van der Waals surface area contributed by atoms with Gasteiger partial charge in [0.1, 0.15) is 34.7 Å². The summed E-state index contributed by atoms with van der Waals surface area (Å²) in [5.74, 6) is -9.77. The topological polar surface area (TPSA) is 314 Å². The number of hydrogen-bond acceptors (Lipinski definition) is 19. The lowest BCUT2D eigenvalue weighted by molar-refractivity contribution is -0.385. The van der Waals surface area contributed by atoms with Crippen LogP contribution in [0.4, 0.5) is 37.7 Å². The van der Waals surface area contributed by atoms with E-state index < -0.39 is 136 Å². The average Bonchev–Trinajstić information content (AvgIpc) is 3.82. The fraction of sp³-hybridized carbons (Fsp3) is 0.375. The molecule has 2 atom stereocenters. The molecular weight excluding hydrogens is 938 g/mol. The number of nitro benzene ring substituents is 2. The van der Waals surface area contributed by atoms with Crippen LogP contribution in [0.5, 0.6) is 23.0 Å². The molecule has 2 aliphatic heterocycles. The second kappa shape index (κ2) is 18.7. The van der Waals surface area contributed by atoms with E-state index in [0.29, 0.717) is 29.4 Å². The number of aliphatic carboxylic acids is 1. The highest BCUT2D eigenvalue weighted by Gasteiger charge is 2.52. The summed E-state index contributed by atoms with van der Waals surface area (Å²) in [4.78, 5) is 73.7. The quantitative estimate of drug-likeness (QED) is 0.0425. The first-order valence-corrected chi connectivity index (χ1v) is 19.8. The van der Waals surface area contributed by atoms with E-state index >= 15 is 0 Å². The van der Waals surface area contributed by atoms with Crippen LogP contribution in [0.2, 0.25) is 0 Å². The molecule has 1 unspecified atom stereocenters. The first-order valence-electron chi connectivity index (χ1n) is 17.0. The Labute approximate surface area is 353 Å². The highest BCUT2D eigenvalue weighted by atomic mass is 32.2. The van der Waals surface area contributed by atoms with Crippen molar-refractivity contribution in [1.82, 2.24) is 9.80 Å². The smallest absolute Gasteiger partial charge is 0.493 e. The number of amides is 2. The molecule has 0 radical (unpaired) electrons. The van der Waals surface area contributed by atoms with Crippen LogP contribution in [0, 0.1) is 20.2 Å². The van der Waals surface area contributed by atoms with Crippen molar-refractivity contribution in [2.75, 3.05) is 34.5 Å². The van der Waals surface area contributed by atoms with Gasteiger partial charge in [-0.15, -0.1) is 0 Å². The zero-order chi connectivity index (χ0) is 48.3. The third-order valence-electron chi connectivity index (χ3n) is 8.48. The predicted molar refractivity (Wildman–Crippen MR) is 192 cm³/mol. The van der Waals surface area contributed by atoms with Gasteiger partial charge < -0.3 is 37.2 Å². The highest BCUT2D eigenvalue weighted by Crippen LogP contribution is 2.40. The third kappa shape index (κ3) is 10.6. The largest absolute Gasteiger partial charge is 0.534 e. The van der Waals surface area contributed by atoms with Gasteiger partial charge in [-0.1, -0.05) is 0 Å². The zero-order valence-electron chi connectivity index (χ0n) is 32.2. The monoisotopic (exact) mass is 966 g/mol. The fourth-order valence-corrected chi connectivity index (χ4v) is 6.56. The van der Waals surface area contributed by atoms with Gasteiger partial charge in [-0.3, -0.25) is 39.6 Å². The number of esters is 1. The van der Waals surface area contributed by atoms with Crippen LogP contribution < -0.4 is 18.9 Å². The van der Waals surface area contributed by atoms with Crippen molar-refractivity contribution in [2.45, 2.75) is 42.4 Å². The van der Waals surface area contributed by atoms with Gasteiger partial charge in [-0.25, -0.2) is 9.59 Å². The SMILES string of the molecule is COC(=O)[C@@H]1CC(OS(=O)(=O)C(F)(F)F)=CN1C(=O)c1cc(OC)c(OCCCOc2cc([N+](=O)[O-])c(C(=O)N3C=C(OS(=O)(=O)C(F)(F)F)CC3C(=O)O)cc2OC)cc1[N+](=O)[O-]. The van der Waals surface area contributed by atoms with Crippen LogP contribution in [0.15, 0.2) is 48.2 Å². The van der Waals surface area contributed by atoms with E-state index in [1.807, 2.05) is 0 Å². The molecule has 0 saturated heterocycles. The molecule has 2 aromatic carbocycles. The molecule has 0 saturated carbocycles. The molecule has 0 spiro atoms. The van der Waals surface area contributed by atoms with Crippen molar-refractivity contribution in [3.8, 4) is 23.0 Å². The number of alkyl halides is 6. The first kappa shape index (κ1) is 49.5. The van der Waals surface area contributed by atoms with Gasteiger partial charge in [0.2, 0.25) is 0 Å². The fourth-order valence-electron chi connectivity index (χ4n) is 5.59. The number of benzene rings is 2. The number of rotatable bonds is 18. The van der Waals surface area contributed by atoms with Crippen molar-refractivity contribution in [3.05, 3.63) is 79.5 Å². The molecule has 2 aliphatic rings. The van der Waals surface area contributed by atoms with Crippen molar-refractivity contribution in [3.63, 3.8) is 0 Å². The van der Waals surface area contributed by atoms with Gasteiger partial charge >= 0.3 is 43.2 Å². The average molecular weight is 967 g/mol. The summed E-state index contributed by atoms with van der Waals surface area (Å²) in [5.41, 5.74) is -15.6. The van der Waals surface area contributed by atoms with E-state index in [4.69, 9.17) is 18.9 Å². The Bertz CT molecular complexity index is 2550. The van der Waals surface area contributed by atoms with Crippen LogP contribution in [0.1, 0.15) is 40.0 Å². The lowest BCUT2D eigenvalue weighted by Crippen LogP contribution is -2.39. The van der Waals surface area contributed by atoms with Gasteiger partial charge in [0.15, 0.2) is 23.0 Å². The van der Waals surface area contributed by atoms with Crippen molar-refractivity contribution >= 4 is 55.4 Å².